The lowest BCUT2D eigenvalue weighted by molar-refractivity contribution is -0.467. The number of aliphatic hydroxyl groups is 2. The highest BCUT2D eigenvalue weighted by molar-refractivity contribution is 5.15. The van der Waals surface area contributed by atoms with Crippen molar-refractivity contribution >= 4 is 0 Å². The number of alkyl halides is 17. The van der Waals surface area contributed by atoms with Gasteiger partial charge in [0.1, 0.15) is 0 Å². The molecule has 170 valence electrons. The second-order valence-corrected chi connectivity index (χ2v) is 4.94. The van der Waals surface area contributed by atoms with Crippen LogP contribution in [0.3, 0.4) is 0 Å². The van der Waals surface area contributed by atoms with Gasteiger partial charge in [-0.1, -0.05) is 0 Å². The van der Waals surface area contributed by atoms with Gasteiger partial charge in [0.15, 0.2) is 0 Å². The third kappa shape index (κ3) is 3.04. The Kier molecular flexibility index (Phi) is 6.07. The van der Waals surface area contributed by atoms with Crippen LogP contribution in [-0.2, 0) is 0 Å². The van der Waals surface area contributed by atoms with Crippen LogP contribution in [0.25, 0.3) is 0 Å². The molecule has 0 bridgehead atoms. The Morgan fingerprint density at radius 3 is 0.786 bits per heavy atom. The molecule has 0 aromatic rings. The van der Waals surface area contributed by atoms with Crippen molar-refractivity contribution in [1.82, 2.24) is 0 Å². The molecule has 0 saturated heterocycles. The summed E-state index contributed by atoms with van der Waals surface area (Å²) in [6.45, 7) is 0. The first kappa shape index (κ1) is 26.7. The van der Waals surface area contributed by atoms with Crippen molar-refractivity contribution in [2.24, 2.45) is 0 Å². The normalized spacial score (nSPS) is 16.7. The highest BCUT2D eigenvalue weighted by Gasteiger charge is 2.95. The van der Waals surface area contributed by atoms with Gasteiger partial charge in [-0.15, -0.1) is 0 Å². The van der Waals surface area contributed by atoms with Crippen LogP contribution < -0.4 is 0 Å². The third-order valence-electron chi connectivity index (χ3n) is 3.07. The van der Waals surface area contributed by atoms with Gasteiger partial charge in [-0.3, -0.25) is 0 Å². The number of halogens is 17. The van der Waals surface area contributed by atoms with E-state index in [1.54, 1.807) is 0 Å². The molecular weight excluding hydrogens is 463 g/mol. The summed E-state index contributed by atoms with van der Waals surface area (Å²) in [6.07, 6.45) is -12.8. The van der Waals surface area contributed by atoms with Crippen LogP contribution in [-0.4, -0.2) is 64.1 Å². The van der Waals surface area contributed by atoms with Crippen molar-refractivity contribution in [1.29, 1.82) is 0 Å². The third-order valence-corrected chi connectivity index (χ3v) is 3.07. The Morgan fingerprint density at radius 1 is 0.357 bits per heavy atom. The van der Waals surface area contributed by atoms with E-state index in [1.165, 1.54) is 0 Å². The largest absolute Gasteiger partial charge is 0.460 e. The first-order valence-corrected chi connectivity index (χ1v) is 5.77. The van der Waals surface area contributed by atoms with Crippen molar-refractivity contribution in [3.8, 4) is 0 Å². The zero-order valence-corrected chi connectivity index (χ0v) is 11.9. The van der Waals surface area contributed by atoms with E-state index in [2.05, 4.69) is 0 Å². The standard InChI is InChI=1S/C9H3F17O2/c10-2(11,1(27)28)3(12,13)4(14,15)5(16,17)6(18,19)7(20,21)8(22,23)9(24,25)26/h1,27-28H. The van der Waals surface area contributed by atoms with Crippen LogP contribution in [0.4, 0.5) is 74.6 Å². The molecule has 0 amide bonds. The van der Waals surface area contributed by atoms with E-state index in [-0.39, 0.29) is 0 Å². The van der Waals surface area contributed by atoms with Crippen molar-refractivity contribution in [2.75, 3.05) is 0 Å². The van der Waals surface area contributed by atoms with Gasteiger partial charge in [0.25, 0.3) is 0 Å². The minimum Gasteiger partial charge on any atom is -0.363 e. The second kappa shape index (κ2) is 6.36. The van der Waals surface area contributed by atoms with Crippen LogP contribution in [0.15, 0.2) is 0 Å². The van der Waals surface area contributed by atoms with Gasteiger partial charge >= 0.3 is 47.6 Å². The predicted molar refractivity (Wildman–Crippen MR) is 48.9 cm³/mol. The molecule has 0 aliphatic rings. The average molecular weight is 466 g/mol. The minimum atomic E-state index is -8.73. The van der Waals surface area contributed by atoms with E-state index in [0.29, 0.717) is 0 Å². The predicted octanol–water partition coefficient (Wildman–Crippen LogP) is 4.31. The van der Waals surface area contributed by atoms with Gasteiger partial charge in [0.05, 0.1) is 0 Å². The van der Waals surface area contributed by atoms with E-state index in [1.807, 2.05) is 0 Å². The van der Waals surface area contributed by atoms with Crippen LogP contribution in [0.1, 0.15) is 0 Å². The van der Waals surface area contributed by atoms with E-state index in [9.17, 15) is 74.6 Å². The van der Waals surface area contributed by atoms with Gasteiger partial charge in [0.2, 0.25) is 6.29 Å². The monoisotopic (exact) mass is 466 g/mol. The summed E-state index contributed by atoms with van der Waals surface area (Å²) in [4.78, 5) is 0. The maximum Gasteiger partial charge on any atom is 0.460 e. The summed E-state index contributed by atoms with van der Waals surface area (Å²) >= 11 is 0. The number of hydrogen-bond acceptors (Lipinski definition) is 2. The van der Waals surface area contributed by atoms with Crippen LogP contribution in [0.2, 0.25) is 0 Å². The molecule has 0 unspecified atom stereocenters. The summed E-state index contributed by atoms with van der Waals surface area (Å²) < 4.78 is 215. The topological polar surface area (TPSA) is 40.5 Å². The second-order valence-electron chi connectivity index (χ2n) is 4.94. The molecule has 0 rings (SSSR count). The summed E-state index contributed by atoms with van der Waals surface area (Å²) in [5.74, 6) is -58.1. The first-order valence-electron chi connectivity index (χ1n) is 5.77. The fraction of sp³-hybridized carbons (Fsp3) is 1.00. The smallest absolute Gasteiger partial charge is 0.363 e. The Morgan fingerprint density at radius 2 is 0.571 bits per heavy atom. The highest BCUT2D eigenvalue weighted by Crippen LogP contribution is 2.64. The van der Waals surface area contributed by atoms with Crippen molar-refractivity contribution in [3.05, 3.63) is 0 Å². The molecule has 0 aliphatic carbocycles. The zero-order chi connectivity index (χ0) is 23.6. The fourth-order valence-electron chi connectivity index (χ4n) is 1.34. The Bertz CT molecular complexity index is 574. The van der Waals surface area contributed by atoms with Gasteiger partial charge in [-0.05, 0) is 0 Å². The van der Waals surface area contributed by atoms with Crippen LogP contribution >= 0.6 is 0 Å². The first-order chi connectivity index (χ1) is 11.7. The number of aliphatic hydroxyl groups excluding tert-OH is 1. The highest BCUT2D eigenvalue weighted by atomic mass is 19.4. The molecule has 0 spiro atoms. The van der Waals surface area contributed by atoms with Crippen molar-refractivity contribution < 1.29 is 84.9 Å². The average Bonchev–Trinajstić information content (AvgIpc) is 2.44. The maximum atomic E-state index is 13.0. The maximum absolute atomic E-state index is 13.0. The van der Waals surface area contributed by atoms with Gasteiger partial charge in [-0.2, -0.15) is 74.6 Å². The van der Waals surface area contributed by atoms with Crippen molar-refractivity contribution in [3.63, 3.8) is 0 Å². The number of rotatable bonds is 7. The SMILES string of the molecule is OC(O)C(F)(F)C(F)(F)C(F)(F)C(F)(F)C(F)(F)C(F)(F)C(F)(F)C(F)(F)F. The summed E-state index contributed by atoms with van der Waals surface area (Å²) in [5.41, 5.74) is 0. The molecule has 0 atom stereocenters. The molecule has 2 nitrogen and oxygen atoms in total. The van der Waals surface area contributed by atoms with Crippen LogP contribution in [0, 0.1) is 0 Å². The Hall–Kier alpha value is -1.27. The molecule has 2 N–H and O–H groups in total. The molecule has 0 aliphatic heterocycles. The molecule has 0 saturated carbocycles. The zero-order valence-electron chi connectivity index (χ0n) is 11.9. The molecule has 0 aromatic heterocycles. The quantitative estimate of drug-likeness (QED) is 0.434. The van der Waals surface area contributed by atoms with Gasteiger partial charge < -0.3 is 10.2 Å². The van der Waals surface area contributed by atoms with Crippen LogP contribution in [0.5, 0.6) is 0 Å². The fourth-order valence-corrected chi connectivity index (χ4v) is 1.34. The number of hydrogen-bond donors (Lipinski definition) is 2. The van der Waals surface area contributed by atoms with Crippen molar-refractivity contribution in [2.45, 2.75) is 53.9 Å². The lowest BCUT2D eigenvalue weighted by Gasteiger charge is -2.42. The lowest BCUT2D eigenvalue weighted by Crippen LogP contribution is -2.75. The van der Waals surface area contributed by atoms with E-state index in [4.69, 9.17) is 10.2 Å². The van der Waals surface area contributed by atoms with E-state index >= 15 is 0 Å². The van der Waals surface area contributed by atoms with Gasteiger partial charge in [0, 0.05) is 0 Å². The molecule has 0 radical (unpaired) electrons. The summed E-state index contributed by atoms with van der Waals surface area (Å²) in [7, 11) is 0. The lowest BCUT2D eigenvalue weighted by atomic mass is 9.89. The molecule has 0 fully saturated rings. The van der Waals surface area contributed by atoms with E-state index in [0.717, 1.165) is 0 Å². The molecular formula is C9H3F17O2. The molecule has 19 heteroatoms. The molecule has 28 heavy (non-hydrogen) atoms. The molecule has 0 heterocycles. The summed E-state index contributed by atoms with van der Waals surface area (Å²) in [6, 6.07) is 0. The Balaban J connectivity index is 6.72. The minimum absolute atomic E-state index is 5.02. The van der Waals surface area contributed by atoms with Gasteiger partial charge in [-0.25, -0.2) is 0 Å². The summed E-state index contributed by atoms with van der Waals surface area (Å²) in [5, 5.41) is 15.6. The molecule has 0 aromatic carbocycles. The van der Waals surface area contributed by atoms with E-state index < -0.39 is 53.9 Å². The Labute approximate surface area is 140 Å².